The standard InChI is InChI=1S/C17H18N4O2/c22-16(12-3-5-18-6-4-12)20-14-1-2-15-13-7-11(8-19-9-13)10-21(15)17(14)23/h1-6,11,13,19H,7-10H2,(H,20,22). The van der Waals surface area contributed by atoms with E-state index in [9.17, 15) is 9.59 Å². The van der Waals surface area contributed by atoms with Crippen LogP contribution in [0.4, 0.5) is 5.69 Å². The minimum atomic E-state index is -0.289. The molecule has 2 aromatic heterocycles. The fourth-order valence-corrected chi connectivity index (χ4v) is 3.58. The van der Waals surface area contributed by atoms with E-state index >= 15 is 0 Å². The van der Waals surface area contributed by atoms with Gasteiger partial charge < -0.3 is 15.2 Å². The lowest BCUT2D eigenvalue weighted by Crippen LogP contribution is -2.45. The Morgan fingerprint density at radius 3 is 2.87 bits per heavy atom. The first-order chi connectivity index (χ1) is 11.2. The largest absolute Gasteiger partial charge is 0.317 e. The SMILES string of the molecule is O=C(Nc1ccc2n(c1=O)CC1CNCC2C1)c1ccncc1. The molecular formula is C17H18N4O2. The molecule has 118 valence electrons. The molecule has 2 aliphatic heterocycles. The lowest BCUT2D eigenvalue weighted by Gasteiger charge is -2.37. The lowest BCUT2D eigenvalue weighted by molar-refractivity contribution is 0.102. The summed E-state index contributed by atoms with van der Waals surface area (Å²) < 4.78 is 1.84. The zero-order valence-corrected chi connectivity index (χ0v) is 12.7. The third-order valence-electron chi connectivity index (χ3n) is 4.70. The smallest absolute Gasteiger partial charge is 0.274 e. The fraction of sp³-hybridized carbons (Fsp3) is 0.353. The summed E-state index contributed by atoms with van der Waals surface area (Å²) in [6, 6.07) is 6.95. The van der Waals surface area contributed by atoms with Crippen molar-refractivity contribution in [3.63, 3.8) is 0 Å². The summed E-state index contributed by atoms with van der Waals surface area (Å²) in [5.74, 6) is 0.591. The molecule has 4 heterocycles. The second-order valence-corrected chi connectivity index (χ2v) is 6.23. The highest BCUT2D eigenvalue weighted by Gasteiger charge is 2.31. The van der Waals surface area contributed by atoms with Crippen molar-refractivity contribution in [1.29, 1.82) is 0 Å². The number of carbonyl (C=O) groups excluding carboxylic acids is 1. The number of nitrogens with zero attached hydrogens (tertiary/aromatic N) is 2. The van der Waals surface area contributed by atoms with Crippen LogP contribution in [0.2, 0.25) is 0 Å². The Hall–Kier alpha value is -2.47. The molecule has 6 nitrogen and oxygen atoms in total. The number of hydrogen-bond acceptors (Lipinski definition) is 4. The first-order valence-corrected chi connectivity index (χ1v) is 7.88. The first kappa shape index (κ1) is 14.1. The van der Waals surface area contributed by atoms with Crippen LogP contribution in [0.25, 0.3) is 0 Å². The summed E-state index contributed by atoms with van der Waals surface area (Å²) in [7, 11) is 0. The molecule has 0 saturated carbocycles. The van der Waals surface area contributed by atoms with Crippen molar-refractivity contribution in [2.45, 2.75) is 18.9 Å². The average Bonchev–Trinajstić information content (AvgIpc) is 2.59. The van der Waals surface area contributed by atoms with Crippen LogP contribution in [0.5, 0.6) is 0 Å². The maximum absolute atomic E-state index is 12.7. The van der Waals surface area contributed by atoms with E-state index in [-0.39, 0.29) is 11.5 Å². The van der Waals surface area contributed by atoms with Crippen LogP contribution in [-0.2, 0) is 6.54 Å². The summed E-state index contributed by atoms with van der Waals surface area (Å²) in [5.41, 5.74) is 1.79. The zero-order chi connectivity index (χ0) is 15.8. The Labute approximate surface area is 133 Å². The van der Waals surface area contributed by atoms with Gasteiger partial charge in [0.05, 0.1) is 0 Å². The van der Waals surface area contributed by atoms with Gasteiger partial charge in [-0.15, -0.1) is 0 Å². The third-order valence-corrected chi connectivity index (χ3v) is 4.70. The molecule has 6 heteroatoms. The van der Waals surface area contributed by atoms with Crippen LogP contribution in [-0.4, -0.2) is 28.5 Å². The van der Waals surface area contributed by atoms with Crippen LogP contribution in [0, 0.1) is 5.92 Å². The monoisotopic (exact) mass is 310 g/mol. The number of hydrogen-bond donors (Lipinski definition) is 2. The van der Waals surface area contributed by atoms with Crippen molar-refractivity contribution >= 4 is 11.6 Å². The van der Waals surface area contributed by atoms with Crippen LogP contribution < -0.4 is 16.2 Å². The minimum absolute atomic E-state index is 0.110. The number of aromatic nitrogens is 2. The Bertz CT molecular complexity index is 800. The zero-order valence-electron chi connectivity index (χ0n) is 12.7. The molecule has 0 spiro atoms. The molecule has 1 amide bonds. The molecule has 0 radical (unpaired) electrons. The van der Waals surface area contributed by atoms with Gasteiger partial charge in [0, 0.05) is 42.7 Å². The molecule has 1 fully saturated rings. The highest BCUT2D eigenvalue weighted by Crippen LogP contribution is 2.32. The molecule has 2 aromatic rings. The van der Waals surface area contributed by atoms with Crippen LogP contribution in [0.1, 0.15) is 28.4 Å². The second kappa shape index (κ2) is 5.62. The fourth-order valence-electron chi connectivity index (χ4n) is 3.58. The number of anilines is 1. The molecule has 2 N–H and O–H groups in total. The number of pyridine rings is 2. The van der Waals surface area contributed by atoms with Gasteiger partial charge in [0.2, 0.25) is 0 Å². The van der Waals surface area contributed by atoms with Crippen LogP contribution >= 0.6 is 0 Å². The van der Waals surface area contributed by atoms with E-state index in [2.05, 4.69) is 15.6 Å². The van der Waals surface area contributed by atoms with Gasteiger partial charge in [-0.05, 0) is 43.1 Å². The topological polar surface area (TPSA) is 76.0 Å². The average molecular weight is 310 g/mol. The van der Waals surface area contributed by atoms with E-state index in [0.717, 1.165) is 31.7 Å². The molecular weight excluding hydrogens is 292 g/mol. The highest BCUT2D eigenvalue weighted by molar-refractivity contribution is 6.04. The summed E-state index contributed by atoms with van der Waals surface area (Å²) in [5, 5.41) is 6.15. The van der Waals surface area contributed by atoms with Gasteiger partial charge in [0.15, 0.2) is 0 Å². The van der Waals surface area contributed by atoms with Crippen molar-refractivity contribution in [2.24, 2.45) is 5.92 Å². The van der Waals surface area contributed by atoms with Gasteiger partial charge >= 0.3 is 0 Å². The summed E-state index contributed by atoms with van der Waals surface area (Å²) in [6.45, 7) is 2.59. The predicted molar refractivity (Wildman–Crippen MR) is 86.6 cm³/mol. The third kappa shape index (κ3) is 2.55. The summed E-state index contributed by atoms with van der Waals surface area (Å²) >= 11 is 0. The molecule has 2 bridgehead atoms. The van der Waals surface area contributed by atoms with E-state index in [1.165, 1.54) is 0 Å². The van der Waals surface area contributed by atoms with Gasteiger partial charge in [-0.3, -0.25) is 14.6 Å². The maximum Gasteiger partial charge on any atom is 0.274 e. The van der Waals surface area contributed by atoms with Crippen LogP contribution in [0.3, 0.4) is 0 Å². The van der Waals surface area contributed by atoms with E-state index < -0.39 is 0 Å². The number of amides is 1. The van der Waals surface area contributed by atoms with Crippen molar-refractivity contribution < 1.29 is 4.79 Å². The van der Waals surface area contributed by atoms with Crippen molar-refractivity contribution in [2.75, 3.05) is 18.4 Å². The Morgan fingerprint density at radius 1 is 1.22 bits per heavy atom. The Balaban J connectivity index is 1.65. The molecule has 0 aliphatic carbocycles. The van der Waals surface area contributed by atoms with Gasteiger partial charge in [-0.1, -0.05) is 0 Å². The van der Waals surface area contributed by atoms with E-state index in [1.54, 1.807) is 30.6 Å². The van der Waals surface area contributed by atoms with Gasteiger partial charge in [0.1, 0.15) is 5.69 Å². The molecule has 2 atom stereocenters. The van der Waals surface area contributed by atoms with E-state index in [0.29, 0.717) is 23.1 Å². The Morgan fingerprint density at radius 2 is 2.04 bits per heavy atom. The van der Waals surface area contributed by atoms with Crippen molar-refractivity contribution in [1.82, 2.24) is 14.9 Å². The molecule has 4 rings (SSSR count). The number of rotatable bonds is 2. The molecule has 23 heavy (non-hydrogen) atoms. The normalized spacial score (nSPS) is 22.3. The summed E-state index contributed by atoms with van der Waals surface area (Å²) in [6.07, 6.45) is 4.25. The second-order valence-electron chi connectivity index (χ2n) is 6.23. The summed E-state index contributed by atoms with van der Waals surface area (Å²) in [4.78, 5) is 28.9. The first-order valence-electron chi connectivity index (χ1n) is 7.88. The quantitative estimate of drug-likeness (QED) is 0.874. The van der Waals surface area contributed by atoms with Gasteiger partial charge in [-0.25, -0.2) is 0 Å². The predicted octanol–water partition coefficient (Wildman–Crippen LogP) is 1.20. The molecule has 2 aliphatic rings. The van der Waals surface area contributed by atoms with E-state index in [4.69, 9.17) is 0 Å². The number of fused-ring (bicyclic) bond motifs is 4. The van der Waals surface area contributed by atoms with Crippen LogP contribution in [0.15, 0.2) is 41.5 Å². The van der Waals surface area contributed by atoms with E-state index in [1.807, 2.05) is 10.6 Å². The number of carbonyl (C=O) groups is 1. The molecule has 2 unspecified atom stereocenters. The maximum atomic E-state index is 12.7. The highest BCUT2D eigenvalue weighted by atomic mass is 16.2. The lowest BCUT2D eigenvalue weighted by atomic mass is 9.84. The number of piperidine rings is 1. The number of nitrogens with one attached hydrogen (secondary N) is 2. The molecule has 1 saturated heterocycles. The minimum Gasteiger partial charge on any atom is -0.317 e. The van der Waals surface area contributed by atoms with Crippen molar-refractivity contribution in [3.8, 4) is 0 Å². The van der Waals surface area contributed by atoms with Gasteiger partial charge in [-0.2, -0.15) is 0 Å². The van der Waals surface area contributed by atoms with Crippen molar-refractivity contribution in [3.05, 3.63) is 58.3 Å². The van der Waals surface area contributed by atoms with Gasteiger partial charge in [0.25, 0.3) is 11.5 Å². The Kier molecular flexibility index (Phi) is 3.46. The molecule has 0 aromatic carbocycles.